The summed E-state index contributed by atoms with van der Waals surface area (Å²) in [7, 11) is 4.09. The van der Waals surface area contributed by atoms with Crippen molar-refractivity contribution in [3.63, 3.8) is 0 Å². The van der Waals surface area contributed by atoms with Crippen LogP contribution >= 0.6 is 0 Å². The van der Waals surface area contributed by atoms with E-state index in [4.69, 9.17) is 9.47 Å². The molecule has 1 aliphatic heterocycles. The van der Waals surface area contributed by atoms with Crippen LogP contribution in [0.25, 0.3) is 0 Å². The average Bonchev–Trinajstić information content (AvgIpc) is 2.39. The summed E-state index contributed by atoms with van der Waals surface area (Å²) in [6.45, 7) is 6.78. The second kappa shape index (κ2) is 7.14. The van der Waals surface area contributed by atoms with Gasteiger partial charge in [-0.3, -0.25) is 0 Å². The highest BCUT2D eigenvalue weighted by atomic mass is 16.5. The van der Waals surface area contributed by atoms with Crippen LogP contribution in [0.5, 0.6) is 5.75 Å². The Morgan fingerprint density at radius 2 is 2.00 bits per heavy atom. The fourth-order valence-corrected chi connectivity index (χ4v) is 2.58. The van der Waals surface area contributed by atoms with E-state index in [1.807, 2.05) is 26.2 Å². The van der Waals surface area contributed by atoms with Crippen LogP contribution in [0.4, 0.5) is 5.69 Å². The van der Waals surface area contributed by atoms with Crippen molar-refractivity contribution in [2.24, 2.45) is 0 Å². The molecule has 1 unspecified atom stereocenters. The zero-order valence-corrected chi connectivity index (χ0v) is 13.7. The Morgan fingerprint density at radius 1 is 1.29 bits per heavy atom. The van der Waals surface area contributed by atoms with Gasteiger partial charge in [0.2, 0.25) is 0 Å². The summed E-state index contributed by atoms with van der Waals surface area (Å²) < 4.78 is 11.5. The van der Waals surface area contributed by atoms with E-state index in [1.165, 1.54) is 0 Å². The molecule has 1 N–H and O–H groups in total. The molecule has 4 heteroatoms. The maximum atomic E-state index is 5.75. The SMILES string of the molecule is CN(C)CCOc1ccc(NC2CCOC(C)(C)C2)cc1. The Morgan fingerprint density at radius 3 is 2.62 bits per heavy atom. The van der Waals surface area contributed by atoms with Crippen LogP contribution < -0.4 is 10.1 Å². The highest BCUT2D eigenvalue weighted by Gasteiger charge is 2.28. The first-order valence-electron chi connectivity index (χ1n) is 7.73. The molecule has 0 saturated carbocycles. The largest absolute Gasteiger partial charge is 0.492 e. The molecule has 1 atom stereocenters. The van der Waals surface area contributed by atoms with Crippen molar-refractivity contribution in [1.82, 2.24) is 4.90 Å². The van der Waals surface area contributed by atoms with Crippen LogP contribution in [0.15, 0.2) is 24.3 Å². The van der Waals surface area contributed by atoms with Crippen LogP contribution in [0.3, 0.4) is 0 Å². The van der Waals surface area contributed by atoms with E-state index in [1.54, 1.807) is 0 Å². The van der Waals surface area contributed by atoms with Gasteiger partial charge in [0.05, 0.1) is 5.60 Å². The molecule has 1 saturated heterocycles. The van der Waals surface area contributed by atoms with Gasteiger partial charge in [-0.25, -0.2) is 0 Å². The van der Waals surface area contributed by atoms with Crippen LogP contribution in [-0.2, 0) is 4.74 Å². The third kappa shape index (κ3) is 5.56. The van der Waals surface area contributed by atoms with Crippen molar-refractivity contribution < 1.29 is 9.47 Å². The molecular weight excluding hydrogens is 264 g/mol. The third-order valence-electron chi connectivity index (χ3n) is 3.73. The highest BCUT2D eigenvalue weighted by molar-refractivity contribution is 5.47. The van der Waals surface area contributed by atoms with E-state index >= 15 is 0 Å². The minimum atomic E-state index is -0.0227. The molecule has 4 nitrogen and oxygen atoms in total. The summed E-state index contributed by atoms with van der Waals surface area (Å²) in [5.41, 5.74) is 1.13. The van der Waals surface area contributed by atoms with Crippen molar-refractivity contribution in [2.75, 3.05) is 39.2 Å². The Bertz CT molecular complexity index is 429. The number of anilines is 1. The molecule has 0 amide bonds. The quantitative estimate of drug-likeness (QED) is 0.874. The van der Waals surface area contributed by atoms with Gasteiger partial charge in [-0.15, -0.1) is 0 Å². The molecule has 0 spiro atoms. The summed E-state index contributed by atoms with van der Waals surface area (Å²) in [5, 5.41) is 3.59. The van der Waals surface area contributed by atoms with Crippen molar-refractivity contribution >= 4 is 5.69 Å². The molecule has 21 heavy (non-hydrogen) atoms. The Kier molecular flexibility index (Phi) is 5.48. The smallest absolute Gasteiger partial charge is 0.119 e. The van der Waals surface area contributed by atoms with Gasteiger partial charge in [0, 0.05) is 24.9 Å². The van der Waals surface area contributed by atoms with E-state index in [9.17, 15) is 0 Å². The zero-order valence-electron chi connectivity index (χ0n) is 13.7. The second-order valence-electron chi connectivity index (χ2n) is 6.62. The fraction of sp³-hybridized carbons (Fsp3) is 0.647. The summed E-state index contributed by atoms with van der Waals surface area (Å²) in [5.74, 6) is 0.926. The van der Waals surface area contributed by atoms with Crippen molar-refractivity contribution in [3.8, 4) is 5.75 Å². The van der Waals surface area contributed by atoms with E-state index in [0.717, 1.165) is 37.4 Å². The van der Waals surface area contributed by atoms with Gasteiger partial charge in [0.15, 0.2) is 0 Å². The Balaban J connectivity index is 1.82. The van der Waals surface area contributed by atoms with E-state index in [-0.39, 0.29) is 5.60 Å². The Hall–Kier alpha value is -1.26. The monoisotopic (exact) mass is 292 g/mol. The van der Waals surface area contributed by atoms with Gasteiger partial charge >= 0.3 is 0 Å². The lowest BCUT2D eigenvalue weighted by Crippen LogP contribution is -2.40. The zero-order chi connectivity index (χ0) is 15.3. The van der Waals surface area contributed by atoms with E-state index in [0.29, 0.717) is 12.6 Å². The number of likely N-dealkylation sites (N-methyl/N-ethyl adjacent to an activating group) is 1. The number of nitrogens with zero attached hydrogens (tertiary/aromatic N) is 1. The second-order valence-corrected chi connectivity index (χ2v) is 6.62. The molecule has 1 aromatic rings. The third-order valence-corrected chi connectivity index (χ3v) is 3.73. The maximum Gasteiger partial charge on any atom is 0.119 e. The van der Waals surface area contributed by atoms with Crippen LogP contribution in [-0.4, -0.2) is 50.4 Å². The van der Waals surface area contributed by atoms with Crippen molar-refractivity contribution in [3.05, 3.63) is 24.3 Å². The summed E-state index contributed by atoms with van der Waals surface area (Å²) in [4.78, 5) is 2.11. The molecule has 2 rings (SSSR count). The number of nitrogens with one attached hydrogen (secondary N) is 1. The first-order valence-corrected chi connectivity index (χ1v) is 7.73. The lowest BCUT2D eigenvalue weighted by Gasteiger charge is -2.36. The molecule has 1 fully saturated rings. The van der Waals surface area contributed by atoms with Gasteiger partial charge in [-0.2, -0.15) is 0 Å². The van der Waals surface area contributed by atoms with Gasteiger partial charge in [0.1, 0.15) is 12.4 Å². The predicted molar refractivity (Wildman–Crippen MR) is 87.2 cm³/mol. The maximum absolute atomic E-state index is 5.75. The molecule has 0 radical (unpaired) electrons. The topological polar surface area (TPSA) is 33.7 Å². The molecule has 0 bridgehead atoms. The van der Waals surface area contributed by atoms with Crippen molar-refractivity contribution in [2.45, 2.75) is 38.3 Å². The highest BCUT2D eigenvalue weighted by Crippen LogP contribution is 2.27. The normalized spacial score (nSPS) is 21.3. The summed E-state index contributed by atoms with van der Waals surface area (Å²) in [6.07, 6.45) is 2.10. The van der Waals surface area contributed by atoms with E-state index < -0.39 is 0 Å². The lowest BCUT2D eigenvalue weighted by molar-refractivity contribution is -0.0553. The molecule has 0 aliphatic carbocycles. The summed E-state index contributed by atoms with van der Waals surface area (Å²) in [6, 6.07) is 8.72. The van der Waals surface area contributed by atoms with Crippen LogP contribution in [0.1, 0.15) is 26.7 Å². The standard InChI is InChI=1S/C17H28N2O2/c1-17(2)13-15(9-11-21-17)18-14-5-7-16(8-6-14)20-12-10-19(3)4/h5-8,15,18H,9-13H2,1-4H3. The molecule has 0 aromatic heterocycles. The number of hydrogen-bond donors (Lipinski definition) is 1. The number of benzene rings is 1. The number of hydrogen-bond acceptors (Lipinski definition) is 4. The molecule has 118 valence electrons. The molecule has 1 heterocycles. The average molecular weight is 292 g/mol. The first-order chi connectivity index (χ1) is 9.94. The number of rotatable bonds is 6. The van der Waals surface area contributed by atoms with Crippen LogP contribution in [0.2, 0.25) is 0 Å². The molecule has 1 aromatic carbocycles. The van der Waals surface area contributed by atoms with Gasteiger partial charge in [-0.1, -0.05) is 0 Å². The van der Waals surface area contributed by atoms with E-state index in [2.05, 4.69) is 36.2 Å². The first kappa shape index (κ1) is 16.1. The molecular formula is C17H28N2O2. The van der Waals surface area contributed by atoms with Gasteiger partial charge in [0.25, 0.3) is 0 Å². The molecule has 1 aliphatic rings. The van der Waals surface area contributed by atoms with Gasteiger partial charge in [-0.05, 0) is 65.0 Å². The van der Waals surface area contributed by atoms with Gasteiger partial charge < -0.3 is 19.7 Å². The Labute approximate surface area is 128 Å². The van der Waals surface area contributed by atoms with Crippen molar-refractivity contribution in [1.29, 1.82) is 0 Å². The fourth-order valence-electron chi connectivity index (χ4n) is 2.58. The minimum absolute atomic E-state index is 0.0227. The van der Waals surface area contributed by atoms with Crippen LogP contribution in [0, 0.1) is 0 Å². The minimum Gasteiger partial charge on any atom is -0.492 e. The lowest BCUT2D eigenvalue weighted by atomic mass is 9.94. The predicted octanol–water partition coefficient (Wildman–Crippen LogP) is 3.00. The number of ether oxygens (including phenoxy) is 2. The summed E-state index contributed by atoms with van der Waals surface area (Å²) >= 11 is 0.